The molecule has 0 aromatic rings. The highest BCUT2D eigenvalue weighted by Gasteiger charge is 2.59. The SMILES string of the molecule is C[C@H](CO)[C@H]1CC[C@H]2[C@@H]3CCC4=CCCC[C@]4(C)[C@H]3CC[C@]12C. The van der Waals surface area contributed by atoms with Crippen LogP contribution in [-0.4, -0.2) is 11.7 Å². The molecule has 0 saturated heterocycles. The summed E-state index contributed by atoms with van der Waals surface area (Å²) in [4.78, 5) is 0. The highest BCUT2D eigenvalue weighted by molar-refractivity contribution is 5.23. The van der Waals surface area contributed by atoms with Gasteiger partial charge >= 0.3 is 0 Å². The predicted octanol–water partition coefficient (Wildman–Crippen LogP) is 5.58. The second kappa shape index (κ2) is 5.61. The number of rotatable bonds is 2. The first kappa shape index (κ1) is 16.2. The van der Waals surface area contributed by atoms with Crippen LogP contribution in [0.25, 0.3) is 0 Å². The molecule has 0 aliphatic heterocycles. The van der Waals surface area contributed by atoms with Gasteiger partial charge in [-0.25, -0.2) is 0 Å². The fraction of sp³-hybridized carbons (Fsp3) is 0.909. The molecule has 1 nitrogen and oxygen atoms in total. The van der Waals surface area contributed by atoms with E-state index in [1.807, 2.05) is 5.57 Å². The van der Waals surface area contributed by atoms with Crippen molar-refractivity contribution in [1.82, 2.24) is 0 Å². The van der Waals surface area contributed by atoms with Crippen LogP contribution in [0.15, 0.2) is 11.6 Å². The molecule has 3 fully saturated rings. The maximum atomic E-state index is 9.72. The van der Waals surface area contributed by atoms with Crippen LogP contribution in [0.3, 0.4) is 0 Å². The number of aliphatic hydroxyl groups excluding tert-OH is 1. The van der Waals surface area contributed by atoms with Crippen molar-refractivity contribution in [2.75, 3.05) is 6.61 Å². The van der Waals surface area contributed by atoms with Gasteiger partial charge in [-0.3, -0.25) is 0 Å². The summed E-state index contributed by atoms with van der Waals surface area (Å²) in [6.45, 7) is 7.87. The Balaban J connectivity index is 1.63. The Hall–Kier alpha value is -0.300. The van der Waals surface area contributed by atoms with Crippen molar-refractivity contribution in [3.8, 4) is 0 Å². The van der Waals surface area contributed by atoms with Crippen LogP contribution in [0.5, 0.6) is 0 Å². The first-order valence-electron chi connectivity index (χ1n) is 10.3. The lowest BCUT2D eigenvalue weighted by atomic mass is 9.46. The molecule has 130 valence electrons. The number of hydrogen-bond donors (Lipinski definition) is 1. The molecular weight excluding hydrogens is 280 g/mol. The molecule has 3 saturated carbocycles. The summed E-state index contributed by atoms with van der Waals surface area (Å²) >= 11 is 0. The third-order valence-electron chi connectivity index (χ3n) is 9.08. The molecule has 0 amide bonds. The normalized spacial score (nSPS) is 50.5. The minimum absolute atomic E-state index is 0.381. The van der Waals surface area contributed by atoms with E-state index in [2.05, 4.69) is 26.8 Å². The summed E-state index contributed by atoms with van der Waals surface area (Å²) in [5, 5.41) is 9.72. The standard InChI is InChI=1S/C22H36O/c1-15(14-23)18-9-10-19-17-8-7-16-6-4-5-12-21(16,2)20(17)11-13-22(18,19)3/h6,15,17-20,23H,4-5,7-14H2,1-3H3/t15-,17+,18-,19+,20+,21+,22-/m1/s1. The monoisotopic (exact) mass is 316 g/mol. The first-order valence-corrected chi connectivity index (χ1v) is 10.3. The smallest absolute Gasteiger partial charge is 0.0459 e. The van der Waals surface area contributed by atoms with Crippen molar-refractivity contribution in [3.63, 3.8) is 0 Å². The largest absolute Gasteiger partial charge is 0.396 e. The molecule has 1 heteroatoms. The second-order valence-electron chi connectivity index (χ2n) is 9.84. The molecule has 1 N–H and O–H groups in total. The van der Waals surface area contributed by atoms with Gasteiger partial charge < -0.3 is 5.11 Å². The molecule has 4 rings (SSSR count). The van der Waals surface area contributed by atoms with E-state index in [-0.39, 0.29) is 0 Å². The molecular formula is C22H36O. The minimum Gasteiger partial charge on any atom is -0.396 e. The molecule has 0 aromatic carbocycles. The zero-order valence-electron chi connectivity index (χ0n) is 15.5. The van der Waals surface area contributed by atoms with E-state index < -0.39 is 0 Å². The molecule has 4 aliphatic rings. The van der Waals surface area contributed by atoms with Crippen molar-refractivity contribution in [3.05, 3.63) is 11.6 Å². The van der Waals surface area contributed by atoms with Crippen molar-refractivity contribution >= 4 is 0 Å². The van der Waals surface area contributed by atoms with Gasteiger partial charge in [-0.1, -0.05) is 32.4 Å². The Morgan fingerprint density at radius 3 is 2.74 bits per heavy atom. The van der Waals surface area contributed by atoms with Gasteiger partial charge in [0, 0.05) is 6.61 Å². The molecule has 0 heterocycles. The average Bonchev–Trinajstić information content (AvgIpc) is 2.91. The third-order valence-corrected chi connectivity index (χ3v) is 9.08. The van der Waals surface area contributed by atoms with Crippen LogP contribution in [0.1, 0.15) is 78.6 Å². The molecule has 0 aromatic heterocycles. The van der Waals surface area contributed by atoms with Gasteiger partial charge in [0.15, 0.2) is 0 Å². The van der Waals surface area contributed by atoms with E-state index in [4.69, 9.17) is 0 Å². The molecule has 0 spiro atoms. The van der Waals surface area contributed by atoms with Crippen LogP contribution in [-0.2, 0) is 0 Å². The van der Waals surface area contributed by atoms with Crippen LogP contribution in [0.4, 0.5) is 0 Å². The van der Waals surface area contributed by atoms with Gasteiger partial charge in [-0.15, -0.1) is 0 Å². The minimum atomic E-state index is 0.381. The number of fused-ring (bicyclic) bond motifs is 5. The Morgan fingerprint density at radius 1 is 1.13 bits per heavy atom. The van der Waals surface area contributed by atoms with Crippen molar-refractivity contribution in [2.24, 2.45) is 40.4 Å². The van der Waals surface area contributed by atoms with Crippen molar-refractivity contribution in [1.29, 1.82) is 0 Å². The van der Waals surface area contributed by atoms with Crippen LogP contribution in [0, 0.1) is 40.4 Å². The van der Waals surface area contributed by atoms with E-state index in [0.717, 1.165) is 23.7 Å². The predicted molar refractivity (Wildman–Crippen MR) is 96.1 cm³/mol. The molecule has 23 heavy (non-hydrogen) atoms. The van der Waals surface area contributed by atoms with Crippen molar-refractivity contribution in [2.45, 2.75) is 78.6 Å². The second-order valence-corrected chi connectivity index (χ2v) is 9.84. The Morgan fingerprint density at radius 2 is 1.96 bits per heavy atom. The van der Waals surface area contributed by atoms with Gasteiger partial charge in [0.25, 0.3) is 0 Å². The summed E-state index contributed by atoms with van der Waals surface area (Å²) in [7, 11) is 0. The summed E-state index contributed by atoms with van der Waals surface area (Å²) in [5.41, 5.74) is 2.87. The maximum Gasteiger partial charge on any atom is 0.0459 e. The van der Waals surface area contributed by atoms with Crippen LogP contribution in [0.2, 0.25) is 0 Å². The highest BCUT2D eigenvalue weighted by atomic mass is 16.3. The third kappa shape index (κ3) is 2.21. The summed E-state index contributed by atoms with van der Waals surface area (Å²) < 4.78 is 0. The maximum absolute atomic E-state index is 9.72. The van der Waals surface area contributed by atoms with Gasteiger partial charge in [0.2, 0.25) is 0 Å². The van der Waals surface area contributed by atoms with E-state index in [9.17, 15) is 5.11 Å². The molecule has 4 aliphatic carbocycles. The molecule has 0 radical (unpaired) electrons. The zero-order valence-corrected chi connectivity index (χ0v) is 15.5. The lowest BCUT2D eigenvalue weighted by Crippen LogP contribution is -2.50. The van der Waals surface area contributed by atoms with Gasteiger partial charge in [0.05, 0.1) is 0 Å². The van der Waals surface area contributed by atoms with Crippen LogP contribution >= 0.6 is 0 Å². The highest BCUT2D eigenvalue weighted by Crippen LogP contribution is 2.67. The lowest BCUT2D eigenvalue weighted by Gasteiger charge is -2.58. The van der Waals surface area contributed by atoms with Gasteiger partial charge in [-0.05, 0) is 98.2 Å². The Labute approximate surface area is 142 Å². The zero-order chi connectivity index (χ0) is 16.2. The number of hydrogen-bond acceptors (Lipinski definition) is 1. The van der Waals surface area contributed by atoms with E-state index in [0.29, 0.717) is 23.4 Å². The summed E-state index contributed by atoms with van der Waals surface area (Å²) in [6.07, 6.45) is 15.3. The Bertz CT molecular complexity index is 494. The fourth-order valence-electron chi connectivity index (χ4n) is 7.86. The molecule has 0 bridgehead atoms. The van der Waals surface area contributed by atoms with E-state index in [1.54, 1.807) is 0 Å². The topological polar surface area (TPSA) is 20.2 Å². The summed E-state index contributed by atoms with van der Waals surface area (Å²) in [6, 6.07) is 0. The van der Waals surface area contributed by atoms with E-state index >= 15 is 0 Å². The number of aliphatic hydroxyl groups is 1. The van der Waals surface area contributed by atoms with Crippen molar-refractivity contribution < 1.29 is 5.11 Å². The van der Waals surface area contributed by atoms with Gasteiger partial charge in [0.1, 0.15) is 0 Å². The molecule has 0 unspecified atom stereocenters. The Kier molecular flexibility index (Phi) is 3.95. The van der Waals surface area contributed by atoms with Crippen LogP contribution < -0.4 is 0 Å². The lowest BCUT2D eigenvalue weighted by molar-refractivity contribution is -0.0619. The van der Waals surface area contributed by atoms with E-state index in [1.165, 1.54) is 57.8 Å². The molecule has 7 atom stereocenters. The summed E-state index contributed by atoms with van der Waals surface area (Å²) in [5.74, 6) is 4.09. The number of allylic oxidation sites excluding steroid dienone is 2. The first-order chi connectivity index (χ1) is 11.0. The fourth-order valence-corrected chi connectivity index (χ4v) is 7.86. The van der Waals surface area contributed by atoms with Gasteiger partial charge in [-0.2, -0.15) is 0 Å². The average molecular weight is 317 g/mol. The quantitative estimate of drug-likeness (QED) is 0.659.